The highest BCUT2D eigenvalue weighted by molar-refractivity contribution is 7.98. The molecule has 0 radical (unpaired) electrons. The molecule has 0 bridgehead atoms. The van der Waals surface area contributed by atoms with Crippen molar-refractivity contribution in [3.63, 3.8) is 0 Å². The molecule has 3 rings (SSSR count). The van der Waals surface area contributed by atoms with Crippen molar-refractivity contribution in [1.29, 1.82) is 0 Å². The third kappa shape index (κ3) is 2.59. The topological polar surface area (TPSA) is 72.2 Å². The number of nitrogens with zero attached hydrogens (tertiary/aromatic N) is 4. The molecule has 0 spiro atoms. The molecule has 7 heteroatoms. The van der Waals surface area contributed by atoms with Gasteiger partial charge < -0.3 is 5.32 Å². The number of fused-ring (bicyclic) bond motifs is 1. The van der Waals surface area contributed by atoms with E-state index in [1.165, 1.54) is 18.0 Å². The second-order valence-electron chi connectivity index (χ2n) is 4.39. The van der Waals surface area contributed by atoms with E-state index in [0.29, 0.717) is 22.2 Å². The van der Waals surface area contributed by atoms with Crippen LogP contribution in [0.3, 0.4) is 0 Å². The molecule has 3 aromatic rings. The molecule has 1 N–H and O–H groups in total. The van der Waals surface area contributed by atoms with Crippen molar-refractivity contribution >= 4 is 29.1 Å². The lowest BCUT2D eigenvalue weighted by Crippen LogP contribution is -2.16. The van der Waals surface area contributed by atoms with Crippen molar-refractivity contribution in [1.82, 2.24) is 19.6 Å². The third-order valence-corrected chi connectivity index (χ3v) is 3.58. The monoisotopic (exact) mass is 299 g/mol. The lowest BCUT2D eigenvalue weighted by Gasteiger charge is -2.07. The van der Waals surface area contributed by atoms with Crippen LogP contribution < -0.4 is 5.32 Å². The number of hydrogen-bond donors (Lipinski definition) is 1. The predicted octanol–water partition coefficient (Wildman–Crippen LogP) is 2.41. The molecule has 2 aromatic heterocycles. The zero-order chi connectivity index (χ0) is 14.8. The lowest BCUT2D eigenvalue weighted by molar-refractivity contribution is 0.102. The van der Waals surface area contributed by atoms with Crippen LogP contribution in [0.5, 0.6) is 0 Å². The van der Waals surface area contributed by atoms with Crippen LogP contribution in [-0.2, 0) is 0 Å². The van der Waals surface area contributed by atoms with E-state index in [4.69, 9.17) is 0 Å². The number of benzene rings is 1. The van der Waals surface area contributed by atoms with Crippen LogP contribution in [0.25, 0.3) is 5.78 Å². The first kappa shape index (κ1) is 13.6. The third-order valence-electron chi connectivity index (χ3n) is 3.05. The summed E-state index contributed by atoms with van der Waals surface area (Å²) in [6, 6.07) is 9.30. The molecule has 0 atom stereocenters. The van der Waals surface area contributed by atoms with Crippen molar-refractivity contribution in [2.24, 2.45) is 0 Å². The van der Waals surface area contributed by atoms with Crippen molar-refractivity contribution < 1.29 is 4.79 Å². The van der Waals surface area contributed by atoms with Crippen LogP contribution in [0.4, 0.5) is 5.69 Å². The summed E-state index contributed by atoms with van der Waals surface area (Å²) in [4.78, 5) is 20.8. The Labute approximate surface area is 125 Å². The zero-order valence-corrected chi connectivity index (χ0v) is 12.4. The molecule has 1 aromatic carbocycles. The van der Waals surface area contributed by atoms with Crippen LogP contribution in [-0.4, -0.2) is 31.7 Å². The van der Waals surface area contributed by atoms with Crippen LogP contribution in [0.1, 0.15) is 16.1 Å². The second-order valence-corrected chi connectivity index (χ2v) is 5.16. The summed E-state index contributed by atoms with van der Waals surface area (Å²) < 4.78 is 1.59. The number of carbonyl (C=O) groups is 1. The van der Waals surface area contributed by atoms with Crippen LogP contribution >= 0.6 is 11.8 Å². The fourth-order valence-corrected chi connectivity index (χ4v) is 2.29. The minimum Gasteiger partial charge on any atom is -0.322 e. The van der Waals surface area contributed by atoms with Gasteiger partial charge in [0.15, 0.2) is 0 Å². The van der Waals surface area contributed by atoms with E-state index in [9.17, 15) is 4.79 Å². The van der Waals surface area contributed by atoms with Gasteiger partial charge >= 0.3 is 0 Å². The highest BCUT2D eigenvalue weighted by atomic mass is 32.2. The van der Waals surface area contributed by atoms with E-state index in [1.54, 1.807) is 4.52 Å². The fourth-order valence-electron chi connectivity index (χ4n) is 1.95. The minimum atomic E-state index is -0.214. The van der Waals surface area contributed by atoms with Gasteiger partial charge in [-0.3, -0.25) is 4.79 Å². The van der Waals surface area contributed by atoms with Gasteiger partial charge in [-0.25, -0.2) is 4.98 Å². The molecule has 1 amide bonds. The number of carbonyl (C=O) groups excluding carboxylic acids is 1. The molecule has 0 saturated carbocycles. The summed E-state index contributed by atoms with van der Waals surface area (Å²) in [6.45, 7) is 1.83. The first-order valence-electron chi connectivity index (χ1n) is 6.32. The number of para-hydroxylation sites is 1. The Morgan fingerprint density at radius 3 is 2.76 bits per heavy atom. The normalized spacial score (nSPS) is 10.8. The minimum absolute atomic E-state index is 0.214. The molecule has 0 aliphatic carbocycles. The Balaban J connectivity index is 1.96. The van der Waals surface area contributed by atoms with Crippen molar-refractivity contribution in [2.45, 2.75) is 12.1 Å². The molecular weight excluding hydrogens is 286 g/mol. The van der Waals surface area contributed by atoms with E-state index in [2.05, 4.69) is 20.4 Å². The van der Waals surface area contributed by atoms with Gasteiger partial charge in [-0.2, -0.15) is 9.50 Å². The van der Waals surface area contributed by atoms with Gasteiger partial charge in [0.25, 0.3) is 11.7 Å². The molecule has 0 aliphatic heterocycles. The molecule has 0 aliphatic rings. The number of rotatable bonds is 3. The van der Waals surface area contributed by atoms with E-state index < -0.39 is 0 Å². The summed E-state index contributed by atoms with van der Waals surface area (Å²) in [6.07, 6.45) is 3.43. The maximum absolute atomic E-state index is 12.3. The largest absolute Gasteiger partial charge is 0.322 e. The van der Waals surface area contributed by atoms with E-state index in [-0.39, 0.29) is 5.91 Å². The molecule has 106 valence electrons. The van der Waals surface area contributed by atoms with Crippen molar-refractivity contribution in [2.75, 3.05) is 11.6 Å². The summed E-state index contributed by atoms with van der Waals surface area (Å²) in [5.41, 5.74) is 1.93. The van der Waals surface area contributed by atoms with Gasteiger partial charge in [-0.05, 0) is 25.3 Å². The Morgan fingerprint density at radius 2 is 2.05 bits per heavy atom. The van der Waals surface area contributed by atoms with Crippen LogP contribution in [0, 0.1) is 6.92 Å². The van der Waals surface area contributed by atoms with E-state index in [0.717, 1.165) is 5.69 Å². The van der Waals surface area contributed by atoms with Crippen molar-refractivity contribution in [3.8, 4) is 0 Å². The van der Waals surface area contributed by atoms with E-state index in [1.807, 2.05) is 43.5 Å². The molecule has 21 heavy (non-hydrogen) atoms. The van der Waals surface area contributed by atoms with Gasteiger partial charge in [0.1, 0.15) is 0 Å². The van der Waals surface area contributed by atoms with Crippen LogP contribution in [0.2, 0.25) is 0 Å². The fraction of sp³-hybridized carbons (Fsp3) is 0.143. The summed E-state index contributed by atoms with van der Waals surface area (Å²) in [7, 11) is 0. The van der Waals surface area contributed by atoms with Gasteiger partial charge in [0.2, 0.25) is 5.16 Å². The lowest BCUT2D eigenvalue weighted by atomic mass is 10.2. The number of nitrogens with one attached hydrogen (secondary N) is 1. The first-order chi connectivity index (χ1) is 10.2. The van der Waals surface area contributed by atoms with Gasteiger partial charge in [-0.15, -0.1) is 5.10 Å². The molecule has 0 saturated heterocycles. The highest BCUT2D eigenvalue weighted by Gasteiger charge is 2.15. The SMILES string of the molecule is CSc1nc2ncc(C(=O)Nc3ccccc3)c(C)n2n1. The van der Waals surface area contributed by atoms with Crippen molar-refractivity contribution in [3.05, 3.63) is 47.8 Å². The molecule has 0 unspecified atom stereocenters. The maximum Gasteiger partial charge on any atom is 0.259 e. The summed E-state index contributed by atoms with van der Waals surface area (Å²) in [5, 5.41) is 7.78. The quantitative estimate of drug-likeness (QED) is 0.752. The van der Waals surface area contributed by atoms with E-state index >= 15 is 0 Å². The van der Waals surface area contributed by atoms with Gasteiger partial charge in [0.05, 0.1) is 11.3 Å². The number of amides is 1. The second kappa shape index (κ2) is 5.53. The Bertz CT molecular complexity index is 800. The molecule has 6 nitrogen and oxygen atoms in total. The Morgan fingerprint density at radius 1 is 1.29 bits per heavy atom. The average Bonchev–Trinajstić information content (AvgIpc) is 2.93. The Hall–Kier alpha value is -2.41. The highest BCUT2D eigenvalue weighted by Crippen LogP contribution is 2.15. The summed E-state index contributed by atoms with van der Waals surface area (Å²) >= 11 is 1.44. The van der Waals surface area contributed by atoms with Crippen LogP contribution in [0.15, 0.2) is 41.7 Å². The molecule has 0 fully saturated rings. The number of aryl methyl sites for hydroxylation is 1. The average molecular weight is 299 g/mol. The Kier molecular flexibility index (Phi) is 3.57. The number of aromatic nitrogens is 4. The zero-order valence-electron chi connectivity index (χ0n) is 11.6. The number of hydrogen-bond acceptors (Lipinski definition) is 5. The van der Waals surface area contributed by atoms with Gasteiger partial charge in [0, 0.05) is 11.9 Å². The first-order valence-corrected chi connectivity index (χ1v) is 7.54. The number of thioether (sulfide) groups is 1. The maximum atomic E-state index is 12.3. The standard InChI is InChI=1S/C14H13N5OS/c1-9-11(12(20)16-10-6-4-3-5-7-10)8-15-13-17-14(21-2)18-19(9)13/h3-8H,1-2H3,(H,16,20). The predicted molar refractivity (Wildman–Crippen MR) is 81.7 cm³/mol. The molecular formula is C14H13N5OS. The van der Waals surface area contributed by atoms with Gasteiger partial charge in [-0.1, -0.05) is 30.0 Å². The summed E-state index contributed by atoms with van der Waals surface area (Å²) in [5.74, 6) is 0.280. The molecule has 2 heterocycles. The smallest absolute Gasteiger partial charge is 0.259 e. The number of anilines is 1.